The SMILES string of the molecule is Cc1c(C(=O)Nc2ccc([C@]3(C#N)CC[C@@](C)(O)CC3)nc2)cnn1-c1ccc(C(F)(F)F)cn1. The molecule has 4 rings (SSSR count). The molecule has 3 aromatic heterocycles. The molecule has 0 radical (unpaired) electrons. The van der Waals surface area contributed by atoms with Gasteiger partial charge in [0.2, 0.25) is 0 Å². The monoisotopic (exact) mass is 484 g/mol. The molecule has 0 aliphatic heterocycles. The van der Waals surface area contributed by atoms with E-state index in [0.717, 1.165) is 6.07 Å². The maximum absolute atomic E-state index is 12.8. The predicted molar refractivity (Wildman–Crippen MR) is 120 cm³/mol. The molecule has 0 bridgehead atoms. The standard InChI is InChI=1S/C24H23F3N6O2/c1-15-18(13-31-33(15)20-6-3-16(11-30-20)24(25,26)27)21(34)32-17-4-5-19(29-12-17)23(14-28)9-7-22(2,35)8-10-23/h3-6,11-13,35H,7-10H2,1-2H3,(H,32,34)/t22-,23-. The highest BCUT2D eigenvalue weighted by Gasteiger charge is 2.42. The molecule has 0 unspecified atom stereocenters. The van der Waals surface area contributed by atoms with Crippen LogP contribution in [0.1, 0.15) is 59.9 Å². The number of carbonyl (C=O) groups excluding carboxylic acids is 1. The fourth-order valence-electron chi connectivity index (χ4n) is 4.13. The Morgan fingerprint density at radius 2 is 1.83 bits per heavy atom. The van der Waals surface area contributed by atoms with E-state index in [0.29, 0.717) is 49.0 Å². The van der Waals surface area contributed by atoms with E-state index in [4.69, 9.17) is 0 Å². The first-order chi connectivity index (χ1) is 16.4. The molecule has 1 aliphatic rings. The molecule has 0 saturated heterocycles. The van der Waals surface area contributed by atoms with Crippen molar-refractivity contribution in [2.24, 2.45) is 0 Å². The molecule has 1 amide bonds. The molecule has 1 saturated carbocycles. The van der Waals surface area contributed by atoms with Gasteiger partial charge in [-0.25, -0.2) is 9.67 Å². The van der Waals surface area contributed by atoms with Gasteiger partial charge in [0.15, 0.2) is 5.82 Å². The number of aromatic nitrogens is 4. The zero-order valence-corrected chi connectivity index (χ0v) is 19.1. The molecule has 0 spiro atoms. The second-order valence-corrected chi connectivity index (χ2v) is 9.04. The number of nitriles is 1. The van der Waals surface area contributed by atoms with Crippen LogP contribution in [0.15, 0.2) is 42.9 Å². The van der Waals surface area contributed by atoms with E-state index in [1.807, 2.05) is 0 Å². The van der Waals surface area contributed by atoms with Crippen LogP contribution in [0, 0.1) is 18.3 Å². The molecule has 1 fully saturated rings. The summed E-state index contributed by atoms with van der Waals surface area (Å²) in [5.74, 6) is -0.326. The summed E-state index contributed by atoms with van der Waals surface area (Å²) in [6.45, 7) is 3.37. The Morgan fingerprint density at radius 3 is 2.37 bits per heavy atom. The van der Waals surface area contributed by atoms with Gasteiger partial charge in [-0.2, -0.15) is 23.5 Å². The Balaban J connectivity index is 1.48. The van der Waals surface area contributed by atoms with Crippen molar-refractivity contribution in [2.75, 3.05) is 5.32 Å². The number of hydrogen-bond donors (Lipinski definition) is 2. The number of halogens is 3. The Kier molecular flexibility index (Phi) is 6.11. The third kappa shape index (κ3) is 4.88. The van der Waals surface area contributed by atoms with Crippen molar-refractivity contribution in [3.05, 3.63) is 65.4 Å². The van der Waals surface area contributed by atoms with Crippen molar-refractivity contribution >= 4 is 11.6 Å². The van der Waals surface area contributed by atoms with Crippen molar-refractivity contribution in [3.63, 3.8) is 0 Å². The highest BCUT2D eigenvalue weighted by Crippen LogP contribution is 2.42. The third-order valence-electron chi connectivity index (χ3n) is 6.45. The van der Waals surface area contributed by atoms with Crippen LogP contribution in [0.25, 0.3) is 5.82 Å². The summed E-state index contributed by atoms with van der Waals surface area (Å²) in [6, 6.07) is 7.79. The normalized spacial score (nSPS) is 22.4. The maximum Gasteiger partial charge on any atom is 0.417 e. The average Bonchev–Trinajstić information content (AvgIpc) is 3.21. The van der Waals surface area contributed by atoms with Gasteiger partial charge in [-0.3, -0.25) is 9.78 Å². The van der Waals surface area contributed by atoms with Gasteiger partial charge in [0, 0.05) is 6.20 Å². The minimum absolute atomic E-state index is 0.147. The Morgan fingerprint density at radius 1 is 1.11 bits per heavy atom. The van der Waals surface area contributed by atoms with Crippen LogP contribution in [0.2, 0.25) is 0 Å². The first-order valence-corrected chi connectivity index (χ1v) is 10.9. The Labute approximate surface area is 199 Å². The van der Waals surface area contributed by atoms with Crippen LogP contribution in [0.5, 0.6) is 0 Å². The molecule has 1 aliphatic carbocycles. The Hall–Kier alpha value is -3.78. The molecular weight excluding hydrogens is 461 g/mol. The molecule has 11 heteroatoms. The molecular formula is C24H23F3N6O2. The van der Waals surface area contributed by atoms with Crippen LogP contribution >= 0.6 is 0 Å². The minimum atomic E-state index is -4.50. The number of nitrogens with zero attached hydrogens (tertiary/aromatic N) is 5. The van der Waals surface area contributed by atoms with Gasteiger partial charge in [-0.1, -0.05) is 0 Å². The summed E-state index contributed by atoms with van der Waals surface area (Å²) in [6.07, 6.45) is 0.973. The van der Waals surface area contributed by atoms with E-state index in [2.05, 4.69) is 26.5 Å². The number of carbonyl (C=O) groups is 1. The first kappa shape index (κ1) is 24.3. The van der Waals surface area contributed by atoms with Crippen molar-refractivity contribution in [1.82, 2.24) is 19.7 Å². The molecule has 182 valence electrons. The lowest BCUT2D eigenvalue weighted by atomic mass is 9.68. The van der Waals surface area contributed by atoms with Gasteiger partial charge in [-0.05, 0) is 63.8 Å². The predicted octanol–water partition coefficient (Wildman–Crippen LogP) is 4.33. The van der Waals surface area contributed by atoms with Gasteiger partial charge >= 0.3 is 6.18 Å². The van der Waals surface area contributed by atoms with Crippen LogP contribution in [0.4, 0.5) is 18.9 Å². The fraction of sp³-hybridized carbons (Fsp3) is 0.375. The third-order valence-corrected chi connectivity index (χ3v) is 6.45. The Bertz CT molecular complexity index is 1260. The van der Waals surface area contributed by atoms with E-state index in [-0.39, 0.29) is 11.4 Å². The second kappa shape index (κ2) is 8.78. The zero-order chi connectivity index (χ0) is 25.4. The quantitative estimate of drug-likeness (QED) is 0.569. The van der Waals surface area contributed by atoms with E-state index >= 15 is 0 Å². The highest BCUT2D eigenvalue weighted by atomic mass is 19.4. The largest absolute Gasteiger partial charge is 0.417 e. The van der Waals surface area contributed by atoms with E-state index in [1.54, 1.807) is 26.0 Å². The number of aliphatic hydroxyl groups is 1. The number of nitrogens with one attached hydrogen (secondary N) is 1. The lowest BCUT2D eigenvalue weighted by Crippen LogP contribution is -2.39. The molecule has 3 aromatic rings. The van der Waals surface area contributed by atoms with E-state index in [1.165, 1.54) is 23.1 Å². The number of amides is 1. The van der Waals surface area contributed by atoms with Crippen LogP contribution in [-0.2, 0) is 11.6 Å². The smallest absolute Gasteiger partial charge is 0.390 e. The molecule has 35 heavy (non-hydrogen) atoms. The number of anilines is 1. The first-order valence-electron chi connectivity index (χ1n) is 10.9. The molecule has 8 nitrogen and oxygen atoms in total. The highest BCUT2D eigenvalue weighted by molar-refractivity contribution is 6.04. The summed E-state index contributed by atoms with van der Waals surface area (Å²) < 4.78 is 39.6. The summed E-state index contributed by atoms with van der Waals surface area (Å²) >= 11 is 0. The summed E-state index contributed by atoms with van der Waals surface area (Å²) in [5.41, 5.74) is -0.822. The molecule has 0 aromatic carbocycles. The van der Waals surface area contributed by atoms with Gasteiger partial charge in [0.1, 0.15) is 0 Å². The lowest BCUT2D eigenvalue weighted by Gasteiger charge is -2.37. The number of rotatable bonds is 4. The summed E-state index contributed by atoms with van der Waals surface area (Å²) in [7, 11) is 0. The van der Waals surface area contributed by atoms with Crippen LogP contribution in [0.3, 0.4) is 0 Å². The minimum Gasteiger partial charge on any atom is -0.390 e. The number of hydrogen-bond acceptors (Lipinski definition) is 6. The maximum atomic E-state index is 12.8. The van der Waals surface area contributed by atoms with Gasteiger partial charge in [-0.15, -0.1) is 0 Å². The molecule has 2 N–H and O–H groups in total. The van der Waals surface area contributed by atoms with Crippen molar-refractivity contribution in [2.45, 2.75) is 56.7 Å². The lowest BCUT2D eigenvalue weighted by molar-refractivity contribution is -0.137. The van der Waals surface area contributed by atoms with Crippen LogP contribution < -0.4 is 5.32 Å². The molecule has 0 atom stereocenters. The van der Waals surface area contributed by atoms with Gasteiger partial charge in [0.05, 0.1) is 57.7 Å². The van der Waals surface area contributed by atoms with Crippen LogP contribution in [-0.4, -0.2) is 36.4 Å². The topological polar surface area (TPSA) is 117 Å². The van der Waals surface area contributed by atoms with Crippen molar-refractivity contribution in [3.8, 4) is 11.9 Å². The van der Waals surface area contributed by atoms with E-state index in [9.17, 15) is 28.3 Å². The van der Waals surface area contributed by atoms with Gasteiger partial charge < -0.3 is 10.4 Å². The average molecular weight is 484 g/mol. The van der Waals surface area contributed by atoms with E-state index < -0.39 is 28.7 Å². The van der Waals surface area contributed by atoms with Gasteiger partial charge in [0.25, 0.3) is 5.91 Å². The number of pyridine rings is 2. The fourth-order valence-corrected chi connectivity index (χ4v) is 4.13. The van der Waals surface area contributed by atoms with Crippen molar-refractivity contribution < 1.29 is 23.1 Å². The summed E-state index contributed by atoms with van der Waals surface area (Å²) in [4.78, 5) is 21.0. The second-order valence-electron chi connectivity index (χ2n) is 9.04. The molecule has 3 heterocycles. The zero-order valence-electron chi connectivity index (χ0n) is 19.1. The summed E-state index contributed by atoms with van der Waals surface area (Å²) in [5, 5.41) is 26.8. The van der Waals surface area contributed by atoms with Crippen molar-refractivity contribution in [1.29, 1.82) is 5.26 Å². The number of alkyl halides is 3.